The molecule has 1 atom stereocenters. The normalized spacial score (nSPS) is 22.4. The van der Waals surface area contributed by atoms with Gasteiger partial charge in [-0.1, -0.05) is 0 Å². The van der Waals surface area contributed by atoms with Crippen molar-refractivity contribution in [2.45, 2.75) is 64.2 Å². The predicted octanol–water partition coefficient (Wildman–Crippen LogP) is 2.36. The third-order valence-corrected chi connectivity index (χ3v) is 4.90. The Morgan fingerprint density at radius 2 is 2.00 bits per heavy atom. The van der Waals surface area contributed by atoms with E-state index in [1.54, 1.807) is 7.11 Å². The fourth-order valence-corrected chi connectivity index (χ4v) is 3.36. The quantitative estimate of drug-likeness (QED) is 0.335. The number of halogens is 1. The van der Waals surface area contributed by atoms with Crippen LogP contribution in [0.3, 0.4) is 0 Å². The molecular formula is C19H37IN4O4. The van der Waals surface area contributed by atoms with Gasteiger partial charge in [0.05, 0.1) is 18.2 Å². The van der Waals surface area contributed by atoms with E-state index in [-0.39, 0.29) is 41.7 Å². The lowest BCUT2D eigenvalue weighted by molar-refractivity contribution is -0.0829. The molecule has 0 radical (unpaired) electrons. The zero-order valence-corrected chi connectivity index (χ0v) is 20.2. The van der Waals surface area contributed by atoms with Gasteiger partial charge in [0.1, 0.15) is 5.60 Å². The van der Waals surface area contributed by atoms with Gasteiger partial charge in [0.2, 0.25) is 0 Å². The Kier molecular flexibility index (Phi) is 10.3. The van der Waals surface area contributed by atoms with Crippen LogP contribution in [0.15, 0.2) is 4.99 Å². The summed E-state index contributed by atoms with van der Waals surface area (Å²) in [4.78, 5) is 19.0. The Morgan fingerprint density at radius 1 is 1.32 bits per heavy atom. The maximum absolute atomic E-state index is 12.0. The molecule has 2 aliphatic rings. The molecule has 0 bridgehead atoms. The van der Waals surface area contributed by atoms with Gasteiger partial charge in [-0.3, -0.25) is 4.99 Å². The standard InChI is InChI=1S/C19H36N4O4.HI/c1-6-20-16(21-14-19(25-5)8-11-26-12-9-19)23-10-7-15(13-23)22-17(24)27-18(2,3)4;/h15H,6-14H2,1-5H3,(H,20,21)(H,22,24);1H. The number of rotatable bonds is 5. The van der Waals surface area contributed by atoms with E-state index in [2.05, 4.69) is 22.5 Å². The number of alkyl carbamates (subject to hydrolysis) is 1. The Balaban J connectivity index is 0.00000392. The van der Waals surface area contributed by atoms with Gasteiger partial charge in [-0.2, -0.15) is 0 Å². The van der Waals surface area contributed by atoms with Crippen molar-refractivity contribution in [3.63, 3.8) is 0 Å². The summed E-state index contributed by atoms with van der Waals surface area (Å²) in [6.45, 7) is 12.0. The summed E-state index contributed by atoms with van der Waals surface area (Å²) in [5.41, 5.74) is -0.732. The highest BCUT2D eigenvalue weighted by Gasteiger charge is 2.33. The van der Waals surface area contributed by atoms with Gasteiger partial charge in [-0.15, -0.1) is 24.0 Å². The van der Waals surface area contributed by atoms with Gasteiger partial charge >= 0.3 is 6.09 Å². The average molecular weight is 512 g/mol. The number of aliphatic imine (C=N–C) groups is 1. The van der Waals surface area contributed by atoms with E-state index in [1.807, 2.05) is 20.8 Å². The van der Waals surface area contributed by atoms with E-state index in [1.165, 1.54) is 0 Å². The van der Waals surface area contributed by atoms with Crippen LogP contribution >= 0.6 is 24.0 Å². The van der Waals surface area contributed by atoms with Gasteiger partial charge in [-0.05, 0) is 34.1 Å². The molecule has 2 heterocycles. The number of amides is 1. The summed E-state index contributed by atoms with van der Waals surface area (Å²) >= 11 is 0. The molecule has 1 amide bonds. The lowest BCUT2D eigenvalue weighted by Crippen LogP contribution is -2.46. The average Bonchev–Trinajstić information content (AvgIpc) is 3.06. The number of ether oxygens (including phenoxy) is 3. The number of hydrogen-bond acceptors (Lipinski definition) is 5. The van der Waals surface area contributed by atoms with E-state index in [0.29, 0.717) is 26.3 Å². The molecule has 0 aromatic heterocycles. The summed E-state index contributed by atoms with van der Waals surface area (Å²) < 4.78 is 16.6. The molecule has 0 aromatic carbocycles. The molecule has 1 unspecified atom stereocenters. The summed E-state index contributed by atoms with van der Waals surface area (Å²) in [7, 11) is 1.75. The van der Waals surface area contributed by atoms with E-state index < -0.39 is 5.60 Å². The molecule has 2 aliphatic heterocycles. The molecular weight excluding hydrogens is 475 g/mol. The van der Waals surface area contributed by atoms with Crippen molar-refractivity contribution in [2.75, 3.05) is 46.5 Å². The fraction of sp³-hybridized carbons (Fsp3) is 0.895. The van der Waals surface area contributed by atoms with E-state index in [9.17, 15) is 4.79 Å². The van der Waals surface area contributed by atoms with Crippen molar-refractivity contribution in [1.29, 1.82) is 0 Å². The van der Waals surface area contributed by atoms with Crippen LogP contribution in [0, 0.1) is 0 Å². The van der Waals surface area contributed by atoms with Crippen molar-refractivity contribution in [1.82, 2.24) is 15.5 Å². The largest absolute Gasteiger partial charge is 0.444 e. The summed E-state index contributed by atoms with van der Waals surface area (Å²) in [6, 6.07) is 0.0585. The van der Waals surface area contributed by atoms with Crippen molar-refractivity contribution < 1.29 is 19.0 Å². The SMILES string of the molecule is CCNC(=NCC1(OC)CCOCC1)N1CCC(NC(=O)OC(C)(C)C)C1.I. The fourth-order valence-electron chi connectivity index (χ4n) is 3.36. The minimum Gasteiger partial charge on any atom is -0.444 e. The molecule has 2 fully saturated rings. The lowest BCUT2D eigenvalue weighted by atomic mass is 9.94. The molecule has 9 heteroatoms. The van der Waals surface area contributed by atoms with Crippen LogP contribution in [0.1, 0.15) is 47.0 Å². The van der Waals surface area contributed by atoms with Gasteiger partial charge in [0.25, 0.3) is 0 Å². The topological polar surface area (TPSA) is 84.4 Å². The van der Waals surface area contributed by atoms with Gasteiger partial charge in [0, 0.05) is 52.8 Å². The molecule has 2 saturated heterocycles. The summed E-state index contributed by atoms with van der Waals surface area (Å²) in [5, 5.41) is 6.32. The number of carbonyl (C=O) groups excluding carboxylic acids is 1. The first-order valence-corrected chi connectivity index (χ1v) is 9.92. The molecule has 2 N–H and O–H groups in total. The molecule has 0 aromatic rings. The minimum absolute atomic E-state index is 0. The first-order valence-electron chi connectivity index (χ1n) is 9.92. The Bertz CT molecular complexity index is 519. The van der Waals surface area contributed by atoms with Crippen LogP contribution in [0.5, 0.6) is 0 Å². The number of carbonyl (C=O) groups is 1. The van der Waals surface area contributed by atoms with Crippen LogP contribution in [-0.4, -0.2) is 80.7 Å². The van der Waals surface area contributed by atoms with E-state index in [0.717, 1.165) is 38.3 Å². The Labute approximate surface area is 186 Å². The Hall–Kier alpha value is -0.810. The van der Waals surface area contributed by atoms with Crippen molar-refractivity contribution in [3.05, 3.63) is 0 Å². The molecule has 2 rings (SSSR count). The van der Waals surface area contributed by atoms with Gasteiger partial charge < -0.3 is 29.7 Å². The first kappa shape index (κ1) is 25.2. The molecule has 28 heavy (non-hydrogen) atoms. The second kappa shape index (κ2) is 11.4. The van der Waals surface area contributed by atoms with Crippen molar-refractivity contribution >= 4 is 36.0 Å². The number of guanidine groups is 1. The van der Waals surface area contributed by atoms with E-state index in [4.69, 9.17) is 19.2 Å². The van der Waals surface area contributed by atoms with Crippen molar-refractivity contribution in [3.8, 4) is 0 Å². The number of nitrogens with one attached hydrogen (secondary N) is 2. The highest BCUT2D eigenvalue weighted by atomic mass is 127. The third-order valence-electron chi connectivity index (χ3n) is 4.90. The number of likely N-dealkylation sites (tertiary alicyclic amines) is 1. The first-order chi connectivity index (χ1) is 12.8. The molecule has 8 nitrogen and oxygen atoms in total. The van der Waals surface area contributed by atoms with Crippen LogP contribution in [0.4, 0.5) is 4.79 Å². The number of methoxy groups -OCH3 is 1. The predicted molar refractivity (Wildman–Crippen MR) is 121 cm³/mol. The summed E-state index contributed by atoms with van der Waals surface area (Å²) in [5.74, 6) is 0.869. The number of hydrogen-bond donors (Lipinski definition) is 2. The zero-order valence-electron chi connectivity index (χ0n) is 17.9. The second-order valence-corrected chi connectivity index (χ2v) is 8.25. The van der Waals surface area contributed by atoms with Crippen LogP contribution in [0.25, 0.3) is 0 Å². The van der Waals surface area contributed by atoms with Crippen LogP contribution in [0.2, 0.25) is 0 Å². The van der Waals surface area contributed by atoms with Gasteiger partial charge in [0.15, 0.2) is 5.96 Å². The zero-order chi connectivity index (χ0) is 19.9. The van der Waals surface area contributed by atoms with Crippen LogP contribution < -0.4 is 10.6 Å². The number of nitrogens with zero attached hydrogens (tertiary/aromatic N) is 2. The lowest BCUT2D eigenvalue weighted by Gasteiger charge is -2.35. The highest BCUT2D eigenvalue weighted by Crippen LogP contribution is 2.25. The molecule has 164 valence electrons. The van der Waals surface area contributed by atoms with E-state index >= 15 is 0 Å². The van der Waals surface area contributed by atoms with Crippen molar-refractivity contribution in [2.24, 2.45) is 4.99 Å². The molecule has 0 aliphatic carbocycles. The smallest absolute Gasteiger partial charge is 0.407 e. The van der Waals surface area contributed by atoms with Crippen LogP contribution in [-0.2, 0) is 14.2 Å². The van der Waals surface area contributed by atoms with Gasteiger partial charge in [-0.25, -0.2) is 4.79 Å². The minimum atomic E-state index is -0.489. The molecule has 0 saturated carbocycles. The third kappa shape index (κ3) is 7.90. The monoisotopic (exact) mass is 512 g/mol. The summed E-state index contributed by atoms with van der Waals surface area (Å²) in [6.07, 6.45) is 2.22. The molecule has 0 spiro atoms. The maximum atomic E-state index is 12.0. The second-order valence-electron chi connectivity index (χ2n) is 8.25. The Morgan fingerprint density at radius 3 is 2.57 bits per heavy atom. The highest BCUT2D eigenvalue weighted by molar-refractivity contribution is 14.0. The maximum Gasteiger partial charge on any atom is 0.407 e.